The summed E-state index contributed by atoms with van der Waals surface area (Å²) in [5.74, 6) is 0.586. The maximum absolute atomic E-state index is 10.9. The largest absolute Gasteiger partial charge is 0.408 e. The highest BCUT2D eigenvalue weighted by molar-refractivity contribution is 6.70. The Bertz CT molecular complexity index is 1300. The standard InChI is InChI=1S/C35H54N2O4Si2/c1-32-22-28(25-10-12-26(13-11-25)37(2)3)31-27(29(32)15-18-34(32,24-36)41-43(7,8)9)14-17-33(40-42(4,5)6)23-35(19-16-30(31)33)38-20-21-39-35/h10-13,27-29H,14-23H2,1-9H3/t27-,28+,29-,32-,33+,34-/m0/s1. The third-order valence-corrected chi connectivity index (χ3v) is 13.3. The highest BCUT2D eigenvalue weighted by Gasteiger charge is 2.67. The zero-order valence-electron chi connectivity index (χ0n) is 28.1. The first-order chi connectivity index (χ1) is 20.1. The van der Waals surface area contributed by atoms with Gasteiger partial charge in [0, 0.05) is 44.0 Å². The summed E-state index contributed by atoms with van der Waals surface area (Å²) in [7, 11) is 0.315. The van der Waals surface area contributed by atoms with E-state index in [9.17, 15) is 5.26 Å². The number of hydrogen-bond acceptors (Lipinski definition) is 6. The Kier molecular flexibility index (Phi) is 7.72. The predicted molar refractivity (Wildman–Crippen MR) is 177 cm³/mol. The van der Waals surface area contributed by atoms with Crippen LogP contribution in [0.3, 0.4) is 0 Å². The molecule has 1 aromatic carbocycles. The number of hydrogen-bond donors (Lipinski definition) is 0. The lowest BCUT2D eigenvalue weighted by molar-refractivity contribution is -0.205. The third kappa shape index (κ3) is 5.30. The van der Waals surface area contributed by atoms with Crippen LogP contribution in [-0.4, -0.2) is 60.9 Å². The van der Waals surface area contributed by atoms with Gasteiger partial charge in [-0.05, 0) is 113 Å². The minimum Gasteiger partial charge on any atom is -0.408 e. The number of rotatable bonds is 6. The van der Waals surface area contributed by atoms with Gasteiger partial charge in [-0.2, -0.15) is 5.26 Å². The minimum atomic E-state index is -1.97. The van der Waals surface area contributed by atoms with E-state index in [1.54, 1.807) is 11.1 Å². The Morgan fingerprint density at radius 2 is 1.56 bits per heavy atom. The van der Waals surface area contributed by atoms with E-state index in [4.69, 9.17) is 18.3 Å². The molecule has 1 aromatic rings. The van der Waals surface area contributed by atoms with Crippen LogP contribution in [-0.2, 0) is 18.3 Å². The normalized spacial score (nSPS) is 37.1. The van der Waals surface area contributed by atoms with Gasteiger partial charge in [0.15, 0.2) is 22.4 Å². The van der Waals surface area contributed by atoms with Crippen molar-refractivity contribution >= 4 is 22.3 Å². The fourth-order valence-electron chi connectivity index (χ4n) is 9.91. The molecule has 0 unspecified atom stereocenters. The zero-order chi connectivity index (χ0) is 31.1. The van der Waals surface area contributed by atoms with Crippen molar-refractivity contribution < 1.29 is 18.3 Å². The molecule has 8 heteroatoms. The van der Waals surface area contributed by atoms with E-state index in [1.807, 2.05) is 0 Å². The number of ether oxygens (including phenoxy) is 2. The van der Waals surface area contributed by atoms with Gasteiger partial charge in [-0.25, -0.2) is 0 Å². The Morgan fingerprint density at radius 1 is 0.907 bits per heavy atom. The van der Waals surface area contributed by atoms with E-state index in [1.165, 1.54) is 11.3 Å². The lowest BCUT2D eigenvalue weighted by atomic mass is 9.49. The van der Waals surface area contributed by atoms with Crippen LogP contribution in [0.25, 0.3) is 0 Å². The van der Waals surface area contributed by atoms with Crippen LogP contribution in [0.15, 0.2) is 35.4 Å². The van der Waals surface area contributed by atoms with Gasteiger partial charge in [-0.15, -0.1) is 0 Å². The smallest absolute Gasteiger partial charge is 0.185 e. The summed E-state index contributed by atoms with van der Waals surface area (Å²) in [5, 5.41) is 10.9. The molecular formula is C35H54N2O4Si2. The lowest BCUT2D eigenvalue weighted by Crippen LogP contribution is -2.59. The van der Waals surface area contributed by atoms with E-state index in [-0.39, 0.29) is 16.9 Å². The Labute approximate surface area is 262 Å². The summed E-state index contributed by atoms with van der Waals surface area (Å²) in [6.07, 6.45) is 7.56. The van der Waals surface area contributed by atoms with Gasteiger partial charge in [0.25, 0.3) is 0 Å². The highest BCUT2D eigenvalue weighted by Crippen LogP contribution is 2.69. The molecule has 43 heavy (non-hydrogen) atoms. The topological polar surface area (TPSA) is 64.0 Å². The van der Waals surface area contributed by atoms with Crippen LogP contribution in [0.2, 0.25) is 39.3 Å². The maximum Gasteiger partial charge on any atom is 0.185 e. The molecule has 4 aliphatic carbocycles. The predicted octanol–water partition coefficient (Wildman–Crippen LogP) is 7.99. The molecule has 0 radical (unpaired) electrons. The molecule has 3 saturated carbocycles. The van der Waals surface area contributed by atoms with Crippen LogP contribution in [0.4, 0.5) is 5.69 Å². The molecular weight excluding hydrogens is 569 g/mol. The van der Waals surface area contributed by atoms with Crippen molar-refractivity contribution in [1.82, 2.24) is 0 Å². The van der Waals surface area contributed by atoms with Crippen LogP contribution >= 0.6 is 0 Å². The number of fused-ring (bicyclic) bond motifs is 4. The first-order valence-electron chi connectivity index (χ1n) is 16.7. The number of allylic oxidation sites excluding steroid dienone is 1. The molecule has 4 fully saturated rings. The molecule has 0 aromatic heterocycles. The minimum absolute atomic E-state index is 0.213. The molecule has 6 rings (SSSR count). The third-order valence-electron chi connectivity index (χ3n) is 11.3. The van der Waals surface area contributed by atoms with E-state index >= 15 is 0 Å². The monoisotopic (exact) mass is 622 g/mol. The quantitative estimate of drug-likeness (QED) is 0.237. The average Bonchev–Trinajstić information content (AvgIpc) is 3.47. The van der Waals surface area contributed by atoms with Crippen molar-refractivity contribution in [2.24, 2.45) is 17.3 Å². The van der Waals surface area contributed by atoms with Gasteiger partial charge >= 0.3 is 0 Å². The number of benzene rings is 1. The second kappa shape index (κ2) is 10.5. The Hall–Kier alpha value is -1.48. The molecule has 1 spiro atoms. The summed E-state index contributed by atoms with van der Waals surface area (Å²) in [6, 6.07) is 12.1. The zero-order valence-corrected chi connectivity index (χ0v) is 30.1. The summed E-state index contributed by atoms with van der Waals surface area (Å²) in [5.41, 5.74) is 4.46. The average molecular weight is 623 g/mol. The lowest BCUT2D eigenvalue weighted by Gasteiger charge is -2.59. The fraction of sp³-hybridized carbons (Fsp3) is 0.743. The second-order valence-corrected chi connectivity index (χ2v) is 25.4. The summed E-state index contributed by atoms with van der Waals surface area (Å²) in [6.45, 7) is 17.5. The SMILES string of the molecule is CN(C)c1ccc([C@H]2C[C@@]3(C)[C@@H](CC[C@@]3(C#N)O[Si](C)(C)C)[C@@H]3CC[C@@]4(O[Si](C)(C)C)CC5(CCC4=C32)OCCO5)cc1. The van der Waals surface area contributed by atoms with Gasteiger partial charge in [0.05, 0.1) is 24.9 Å². The molecule has 1 saturated heterocycles. The molecule has 1 aliphatic heterocycles. The van der Waals surface area contributed by atoms with E-state index in [0.717, 1.165) is 51.4 Å². The number of nitriles is 1. The number of nitrogens with zero attached hydrogens (tertiary/aromatic N) is 2. The van der Waals surface area contributed by atoms with E-state index < -0.39 is 28.0 Å². The van der Waals surface area contributed by atoms with Crippen LogP contribution < -0.4 is 4.90 Å². The van der Waals surface area contributed by atoms with Crippen molar-refractivity contribution in [2.75, 3.05) is 32.2 Å². The molecule has 1 heterocycles. The van der Waals surface area contributed by atoms with Crippen LogP contribution in [0.5, 0.6) is 0 Å². The van der Waals surface area contributed by atoms with Crippen molar-refractivity contribution in [3.8, 4) is 6.07 Å². The molecule has 0 N–H and O–H groups in total. The van der Waals surface area contributed by atoms with Crippen molar-refractivity contribution in [1.29, 1.82) is 5.26 Å². The number of anilines is 1. The molecule has 6 atom stereocenters. The Balaban J connectivity index is 1.53. The molecule has 0 bridgehead atoms. The van der Waals surface area contributed by atoms with Crippen molar-refractivity contribution in [3.05, 3.63) is 41.0 Å². The Morgan fingerprint density at radius 3 is 2.14 bits per heavy atom. The van der Waals surface area contributed by atoms with E-state index in [2.05, 4.69) is 95.5 Å². The van der Waals surface area contributed by atoms with Crippen molar-refractivity contribution in [3.63, 3.8) is 0 Å². The molecule has 236 valence electrons. The summed E-state index contributed by atoms with van der Waals surface area (Å²) >= 11 is 0. The van der Waals surface area contributed by atoms with Crippen LogP contribution in [0, 0.1) is 28.6 Å². The first-order valence-corrected chi connectivity index (χ1v) is 23.5. The molecule has 0 amide bonds. The van der Waals surface area contributed by atoms with Gasteiger partial charge in [-0.1, -0.05) is 24.6 Å². The van der Waals surface area contributed by atoms with Gasteiger partial charge in [0.1, 0.15) is 5.60 Å². The summed E-state index contributed by atoms with van der Waals surface area (Å²) in [4.78, 5) is 2.17. The van der Waals surface area contributed by atoms with Gasteiger partial charge in [-0.3, -0.25) is 0 Å². The van der Waals surface area contributed by atoms with Gasteiger partial charge < -0.3 is 23.2 Å². The summed E-state index contributed by atoms with van der Waals surface area (Å²) < 4.78 is 27.1. The van der Waals surface area contributed by atoms with Crippen molar-refractivity contribution in [2.45, 2.75) is 120 Å². The maximum atomic E-state index is 10.9. The highest BCUT2D eigenvalue weighted by atomic mass is 28.4. The molecule has 6 nitrogen and oxygen atoms in total. The van der Waals surface area contributed by atoms with E-state index in [0.29, 0.717) is 25.0 Å². The molecule has 5 aliphatic rings. The van der Waals surface area contributed by atoms with Gasteiger partial charge in [0.2, 0.25) is 0 Å². The van der Waals surface area contributed by atoms with Crippen LogP contribution in [0.1, 0.15) is 69.8 Å². The second-order valence-electron chi connectivity index (χ2n) is 16.5. The fourth-order valence-corrected chi connectivity index (χ4v) is 12.8. The first kappa shape index (κ1) is 31.5.